The fraction of sp³-hybridized carbons (Fsp3) is 0. The van der Waals surface area contributed by atoms with E-state index in [4.69, 9.17) is 22.7 Å². The lowest BCUT2D eigenvalue weighted by Gasteiger charge is -2.05. The van der Waals surface area contributed by atoms with Crippen LogP contribution in [0.5, 0.6) is 0 Å². The summed E-state index contributed by atoms with van der Waals surface area (Å²) in [7, 11) is 0. The number of amidine groups is 1. The summed E-state index contributed by atoms with van der Waals surface area (Å²) in [5, 5.41) is 22.0. The van der Waals surface area contributed by atoms with Gasteiger partial charge >= 0.3 is 5.69 Å². The maximum atomic E-state index is 10.5. The van der Waals surface area contributed by atoms with E-state index in [-0.39, 0.29) is 16.5 Å². The molecule has 2 rings (SSSR count). The molecule has 0 aliphatic rings. The molecule has 0 saturated heterocycles. The summed E-state index contributed by atoms with van der Waals surface area (Å²) in [6, 6.07) is 4.72. The third-order valence-electron chi connectivity index (χ3n) is 2.29. The number of nitrogens with one attached hydrogen (secondary N) is 1. The van der Waals surface area contributed by atoms with Gasteiger partial charge in [0.05, 0.1) is 15.6 Å². The standard InChI is InChI=1S/C10H8ClN5O2/c11-9-3-6(1-2-8(9)10(12)13)15-5-7(4-14-15)16(17)18/h1-5H,(H3,12,13). The number of halogens is 1. The molecule has 0 unspecified atom stereocenters. The first-order valence-electron chi connectivity index (χ1n) is 4.82. The second-order valence-electron chi connectivity index (χ2n) is 3.48. The Labute approximate surface area is 106 Å². The molecule has 1 heterocycles. The molecule has 3 N–H and O–H groups in total. The zero-order valence-electron chi connectivity index (χ0n) is 9.00. The minimum absolute atomic E-state index is 0.109. The molecular weight excluding hydrogens is 258 g/mol. The molecule has 0 aliphatic carbocycles. The average Bonchev–Trinajstić information content (AvgIpc) is 2.77. The molecule has 1 aromatic carbocycles. The molecule has 92 valence electrons. The van der Waals surface area contributed by atoms with E-state index < -0.39 is 4.92 Å². The quantitative estimate of drug-likeness (QED) is 0.381. The Morgan fingerprint density at radius 2 is 2.28 bits per heavy atom. The first-order chi connectivity index (χ1) is 8.49. The van der Waals surface area contributed by atoms with Crippen LogP contribution in [0.15, 0.2) is 30.6 Å². The van der Waals surface area contributed by atoms with Crippen molar-refractivity contribution in [3.05, 3.63) is 51.3 Å². The maximum absolute atomic E-state index is 10.5. The Kier molecular flexibility index (Phi) is 2.99. The molecule has 1 aromatic heterocycles. The van der Waals surface area contributed by atoms with E-state index in [0.717, 1.165) is 6.20 Å². The van der Waals surface area contributed by atoms with Crippen molar-refractivity contribution in [2.75, 3.05) is 0 Å². The summed E-state index contributed by atoms with van der Waals surface area (Å²) in [4.78, 5) is 10.0. The van der Waals surface area contributed by atoms with Crippen molar-refractivity contribution in [1.82, 2.24) is 9.78 Å². The van der Waals surface area contributed by atoms with Gasteiger partial charge in [0.15, 0.2) is 0 Å². The van der Waals surface area contributed by atoms with E-state index in [1.807, 2.05) is 0 Å². The minimum Gasteiger partial charge on any atom is -0.384 e. The van der Waals surface area contributed by atoms with Gasteiger partial charge in [0.2, 0.25) is 0 Å². The fourth-order valence-corrected chi connectivity index (χ4v) is 1.69. The van der Waals surface area contributed by atoms with Gasteiger partial charge in [-0.05, 0) is 18.2 Å². The van der Waals surface area contributed by atoms with Crippen LogP contribution in [0.2, 0.25) is 5.02 Å². The third-order valence-corrected chi connectivity index (χ3v) is 2.60. The Balaban J connectivity index is 2.42. The predicted octanol–water partition coefficient (Wildman–Crippen LogP) is 1.72. The number of hydrogen-bond acceptors (Lipinski definition) is 4. The van der Waals surface area contributed by atoms with Gasteiger partial charge in [-0.1, -0.05) is 11.6 Å². The maximum Gasteiger partial charge on any atom is 0.307 e. The van der Waals surface area contributed by atoms with Crippen LogP contribution >= 0.6 is 11.6 Å². The van der Waals surface area contributed by atoms with Gasteiger partial charge in [0.1, 0.15) is 18.2 Å². The van der Waals surface area contributed by atoms with Crippen LogP contribution in [0.4, 0.5) is 5.69 Å². The molecule has 8 heteroatoms. The number of hydrogen-bond donors (Lipinski definition) is 2. The van der Waals surface area contributed by atoms with E-state index in [1.54, 1.807) is 12.1 Å². The molecule has 0 saturated carbocycles. The predicted molar refractivity (Wildman–Crippen MR) is 66.2 cm³/mol. The van der Waals surface area contributed by atoms with Crippen LogP contribution in [0.3, 0.4) is 0 Å². The second-order valence-corrected chi connectivity index (χ2v) is 3.89. The van der Waals surface area contributed by atoms with Gasteiger partial charge in [-0.3, -0.25) is 15.5 Å². The highest BCUT2D eigenvalue weighted by molar-refractivity contribution is 6.34. The van der Waals surface area contributed by atoms with Crippen LogP contribution in [-0.4, -0.2) is 20.5 Å². The lowest BCUT2D eigenvalue weighted by molar-refractivity contribution is -0.384. The number of nitro groups is 1. The number of aromatic nitrogens is 2. The first kappa shape index (κ1) is 12.1. The Bertz CT molecular complexity index is 637. The van der Waals surface area contributed by atoms with E-state index in [1.165, 1.54) is 16.9 Å². The molecule has 0 amide bonds. The number of nitrogens with two attached hydrogens (primary N) is 1. The SMILES string of the molecule is N=C(N)c1ccc(-n2cc([N+](=O)[O-])cn2)cc1Cl. The van der Waals surface area contributed by atoms with Gasteiger partial charge in [-0.2, -0.15) is 5.10 Å². The van der Waals surface area contributed by atoms with Crippen molar-refractivity contribution in [2.24, 2.45) is 5.73 Å². The summed E-state index contributed by atoms with van der Waals surface area (Å²) >= 11 is 5.95. The molecule has 0 aliphatic heterocycles. The molecule has 0 bridgehead atoms. The van der Waals surface area contributed by atoms with Gasteiger partial charge in [0.25, 0.3) is 0 Å². The molecule has 0 atom stereocenters. The van der Waals surface area contributed by atoms with Crippen molar-refractivity contribution in [2.45, 2.75) is 0 Å². The lowest BCUT2D eigenvalue weighted by Crippen LogP contribution is -2.11. The van der Waals surface area contributed by atoms with Gasteiger partial charge in [-0.15, -0.1) is 0 Å². The minimum atomic E-state index is -0.533. The van der Waals surface area contributed by atoms with Crippen molar-refractivity contribution < 1.29 is 4.92 Å². The third kappa shape index (κ3) is 2.16. The summed E-state index contributed by atoms with van der Waals surface area (Å²) in [6.45, 7) is 0. The monoisotopic (exact) mass is 265 g/mol. The van der Waals surface area contributed by atoms with E-state index in [2.05, 4.69) is 5.10 Å². The first-order valence-corrected chi connectivity index (χ1v) is 5.20. The normalized spacial score (nSPS) is 10.3. The smallest absolute Gasteiger partial charge is 0.307 e. The van der Waals surface area contributed by atoms with Crippen molar-refractivity contribution in [1.29, 1.82) is 5.41 Å². The summed E-state index contributed by atoms with van der Waals surface area (Å²) < 4.78 is 1.33. The van der Waals surface area contributed by atoms with E-state index in [0.29, 0.717) is 11.3 Å². The van der Waals surface area contributed by atoms with Crippen LogP contribution < -0.4 is 5.73 Å². The number of nitrogen functional groups attached to an aromatic ring is 1. The molecule has 7 nitrogen and oxygen atoms in total. The van der Waals surface area contributed by atoms with Crippen molar-refractivity contribution in [3.8, 4) is 5.69 Å². The van der Waals surface area contributed by atoms with Crippen molar-refractivity contribution in [3.63, 3.8) is 0 Å². The van der Waals surface area contributed by atoms with Gasteiger partial charge < -0.3 is 5.73 Å². The average molecular weight is 266 g/mol. The molecule has 0 spiro atoms. The highest BCUT2D eigenvalue weighted by Gasteiger charge is 2.11. The molecular formula is C10H8ClN5O2. The van der Waals surface area contributed by atoms with Gasteiger partial charge in [-0.25, -0.2) is 4.68 Å². The molecule has 0 fully saturated rings. The van der Waals surface area contributed by atoms with Crippen LogP contribution in [0.25, 0.3) is 5.69 Å². The van der Waals surface area contributed by atoms with Crippen LogP contribution in [0, 0.1) is 15.5 Å². The van der Waals surface area contributed by atoms with Gasteiger partial charge in [0, 0.05) is 5.56 Å². The zero-order valence-corrected chi connectivity index (χ0v) is 9.76. The number of nitrogens with zero attached hydrogens (tertiary/aromatic N) is 3. The highest BCUT2D eigenvalue weighted by atomic mass is 35.5. The van der Waals surface area contributed by atoms with E-state index in [9.17, 15) is 10.1 Å². The largest absolute Gasteiger partial charge is 0.384 e. The Hall–Kier alpha value is -2.41. The van der Waals surface area contributed by atoms with Crippen molar-refractivity contribution >= 4 is 23.1 Å². The summed E-state index contributed by atoms with van der Waals surface area (Å²) in [5.41, 5.74) is 6.18. The molecule has 0 radical (unpaired) electrons. The second kappa shape index (κ2) is 4.46. The Morgan fingerprint density at radius 3 is 2.78 bits per heavy atom. The zero-order chi connectivity index (χ0) is 13.3. The number of benzene rings is 1. The van der Waals surface area contributed by atoms with Crippen LogP contribution in [-0.2, 0) is 0 Å². The van der Waals surface area contributed by atoms with E-state index >= 15 is 0 Å². The summed E-state index contributed by atoms with van der Waals surface area (Å²) in [5.74, 6) is -0.141. The Morgan fingerprint density at radius 1 is 1.56 bits per heavy atom. The number of rotatable bonds is 3. The highest BCUT2D eigenvalue weighted by Crippen LogP contribution is 2.21. The molecule has 2 aromatic rings. The lowest BCUT2D eigenvalue weighted by atomic mass is 10.2. The topological polar surface area (TPSA) is 111 Å². The summed E-state index contributed by atoms with van der Waals surface area (Å²) in [6.07, 6.45) is 2.42. The van der Waals surface area contributed by atoms with Crippen LogP contribution in [0.1, 0.15) is 5.56 Å². The fourth-order valence-electron chi connectivity index (χ4n) is 1.41. The molecule has 18 heavy (non-hydrogen) atoms.